The van der Waals surface area contributed by atoms with Gasteiger partial charge in [-0.05, 0) is 48.0 Å². The molecule has 0 bridgehead atoms. The fourth-order valence-corrected chi connectivity index (χ4v) is 3.29. The molecule has 4 aromatic rings. The van der Waals surface area contributed by atoms with E-state index in [-0.39, 0.29) is 11.5 Å². The number of aromatic nitrogens is 1. The lowest BCUT2D eigenvalue weighted by molar-refractivity contribution is -0.137. The van der Waals surface area contributed by atoms with E-state index in [2.05, 4.69) is 0 Å². The lowest BCUT2D eigenvalue weighted by Gasteiger charge is -2.09. The van der Waals surface area contributed by atoms with Gasteiger partial charge in [-0.1, -0.05) is 30.3 Å². The van der Waals surface area contributed by atoms with E-state index in [9.17, 15) is 18.0 Å². The number of benzene rings is 2. The van der Waals surface area contributed by atoms with Crippen LogP contribution in [0.4, 0.5) is 13.2 Å². The van der Waals surface area contributed by atoms with Gasteiger partial charge in [0, 0.05) is 17.3 Å². The van der Waals surface area contributed by atoms with E-state index in [0.717, 1.165) is 17.7 Å². The maximum atomic E-state index is 13.3. The summed E-state index contributed by atoms with van der Waals surface area (Å²) in [5, 5.41) is 0. The van der Waals surface area contributed by atoms with Crippen molar-refractivity contribution in [1.82, 2.24) is 4.40 Å². The molecule has 0 saturated carbocycles. The molecule has 0 atom stereocenters. The Morgan fingerprint density at radius 1 is 0.931 bits per heavy atom. The smallest absolute Gasteiger partial charge is 0.416 e. The predicted molar refractivity (Wildman–Crippen MR) is 104 cm³/mol. The molecular weight excluding hydrogens is 379 g/mol. The van der Waals surface area contributed by atoms with Gasteiger partial charge in [-0.2, -0.15) is 13.2 Å². The van der Waals surface area contributed by atoms with Crippen LogP contribution in [0.1, 0.15) is 21.6 Å². The number of rotatable bonds is 4. The van der Waals surface area contributed by atoms with Gasteiger partial charge in [0.05, 0.1) is 23.9 Å². The first kappa shape index (κ1) is 18.8. The number of pyridine rings is 1. The molecule has 4 rings (SSSR count). The number of hydrogen-bond donors (Lipinski definition) is 0. The molecule has 146 valence electrons. The van der Waals surface area contributed by atoms with Gasteiger partial charge in [0.15, 0.2) is 0 Å². The van der Waals surface area contributed by atoms with Crippen molar-refractivity contribution in [3.8, 4) is 16.9 Å². The quantitative estimate of drug-likeness (QED) is 0.405. The number of carbonyl (C=O) groups excluding carboxylic acids is 1. The molecule has 2 aromatic heterocycles. The van der Waals surface area contributed by atoms with Gasteiger partial charge in [0.2, 0.25) is 5.78 Å². The van der Waals surface area contributed by atoms with Crippen molar-refractivity contribution < 1.29 is 22.7 Å². The minimum absolute atomic E-state index is 0.287. The fourth-order valence-electron chi connectivity index (χ4n) is 3.29. The average molecular weight is 395 g/mol. The molecule has 0 fully saturated rings. The summed E-state index contributed by atoms with van der Waals surface area (Å²) in [6, 6.07) is 19.3. The van der Waals surface area contributed by atoms with Crippen LogP contribution < -0.4 is 4.74 Å². The molecule has 3 nitrogen and oxygen atoms in total. The van der Waals surface area contributed by atoms with Crippen LogP contribution in [0.5, 0.6) is 5.75 Å². The first-order valence-corrected chi connectivity index (χ1v) is 8.85. The van der Waals surface area contributed by atoms with Crippen molar-refractivity contribution in [3.05, 3.63) is 95.8 Å². The SMILES string of the molecule is COc1ccc(C(=O)c2cc(-c3ccccc3)c3cc(C(F)(F)F)ccn23)cc1. The molecule has 6 heteroatoms. The summed E-state index contributed by atoms with van der Waals surface area (Å²) in [6.07, 6.45) is -3.18. The summed E-state index contributed by atoms with van der Waals surface area (Å²) in [4.78, 5) is 13.1. The Labute approximate surface area is 165 Å². The molecule has 0 spiro atoms. The van der Waals surface area contributed by atoms with Gasteiger partial charge in [-0.3, -0.25) is 4.79 Å². The lowest BCUT2D eigenvalue weighted by atomic mass is 10.0. The zero-order chi connectivity index (χ0) is 20.6. The number of ether oxygens (including phenoxy) is 1. The third-order valence-electron chi connectivity index (χ3n) is 4.77. The molecule has 0 unspecified atom stereocenters. The molecule has 0 aliphatic rings. The van der Waals surface area contributed by atoms with E-state index in [1.807, 2.05) is 6.07 Å². The fraction of sp³-hybridized carbons (Fsp3) is 0.0870. The van der Waals surface area contributed by atoms with Crippen LogP contribution in [0.2, 0.25) is 0 Å². The molecule has 0 radical (unpaired) electrons. The summed E-state index contributed by atoms with van der Waals surface area (Å²) >= 11 is 0. The van der Waals surface area contributed by atoms with Crippen LogP contribution in [0, 0.1) is 0 Å². The molecular formula is C23H16F3NO2. The Morgan fingerprint density at radius 2 is 1.62 bits per heavy atom. The van der Waals surface area contributed by atoms with Gasteiger partial charge >= 0.3 is 6.18 Å². The number of fused-ring (bicyclic) bond motifs is 1. The van der Waals surface area contributed by atoms with Gasteiger partial charge in [0.25, 0.3) is 0 Å². The molecule has 0 amide bonds. The van der Waals surface area contributed by atoms with Gasteiger partial charge in [0.1, 0.15) is 5.75 Å². The number of alkyl halides is 3. The van der Waals surface area contributed by atoms with Crippen molar-refractivity contribution in [2.24, 2.45) is 0 Å². The van der Waals surface area contributed by atoms with E-state index in [1.165, 1.54) is 17.7 Å². The van der Waals surface area contributed by atoms with Crippen LogP contribution in [0.3, 0.4) is 0 Å². The second-order valence-corrected chi connectivity index (χ2v) is 6.54. The molecule has 0 saturated heterocycles. The first-order valence-electron chi connectivity index (χ1n) is 8.85. The van der Waals surface area contributed by atoms with Crippen molar-refractivity contribution >= 4 is 11.3 Å². The standard InChI is InChI=1S/C23H16F3NO2/c1-29-18-9-7-16(8-10-18)22(28)21-14-19(15-5-3-2-4-6-15)20-13-17(23(24,25)26)11-12-27(20)21/h2-14H,1H3. The normalized spacial score (nSPS) is 11.6. The van der Waals surface area contributed by atoms with Crippen LogP contribution in [0.25, 0.3) is 16.6 Å². The first-order chi connectivity index (χ1) is 13.9. The lowest BCUT2D eigenvalue weighted by Crippen LogP contribution is -2.08. The van der Waals surface area contributed by atoms with E-state index in [0.29, 0.717) is 22.4 Å². The summed E-state index contributed by atoms with van der Waals surface area (Å²) in [6.45, 7) is 0. The minimum Gasteiger partial charge on any atom is -0.497 e. The second kappa shape index (κ2) is 7.13. The van der Waals surface area contributed by atoms with Crippen LogP contribution in [-0.4, -0.2) is 17.3 Å². The summed E-state index contributed by atoms with van der Waals surface area (Å²) < 4.78 is 46.4. The van der Waals surface area contributed by atoms with E-state index < -0.39 is 11.7 Å². The van der Waals surface area contributed by atoms with Crippen LogP contribution >= 0.6 is 0 Å². The van der Waals surface area contributed by atoms with Gasteiger partial charge < -0.3 is 9.14 Å². The molecule has 0 N–H and O–H groups in total. The largest absolute Gasteiger partial charge is 0.497 e. The molecule has 29 heavy (non-hydrogen) atoms. The second-order valence-electron chi connectivity index (χ2n) is 6.54. The summed E-state index contributed by atoms with van der Waals surface area (Å²) in [7, 11) is 1.53. The number of methoxy groups -OCH3 is 1. The summed E-state index contributed by atoms with van der Waals surface area (Å²) in [5.74, 6) is 0.325. The van der Waals surface area contributed by atoms with Crippen LogP contribution in [0.15, 0.2) is 79.0 Å². The van der Waals surface area contributed by atoms with E-state index >= 15 is 0 Å². The van der Waals surface area contributed by atoms with Crippen molar-refractivity contribution in [1.29, 1.82) is 0 Å². The van der Waals surface area contributed by atoms with Crippen molar-refractivity contribution in [3.63, 3.8) is 0 Å². The monoisotopic (exact) mass is 395 g/mol. The number of carbonyl (C=O) groups is 1. The van der Waals surface area contributed by atoms with Crippen LogP contribution in [-0.2, 0) is 6.18 Å². The Hall–Kier alpha value is -3.54. The Morgan fingerprint density at radius 3 is 2.24 bits per heavy atom. The molecule has 0 aliphatic heterocycles. The molecule has 0 aliphatic carbocycles. The average Bonchev–Trinajstić information content (AvgIpc) is 3.12. The zero-order valence-electron chi connectivity index (χ0n) is 15.4. The number of hydrogen-bond acceptors (Lipinski definition) is 2. The highest BCUT2D eigenvalue weighted by molar-refractivity contribution is 6.10. The van der Waals surface area contributed by atoms with E-state index in [1.54, 1.807) is 54.6 Å². The number of nitrogens with zero attached hydrogens (tertiary/aromatic N) is 1. The molecule has 2 aromatic carbocycles. The predicted octanol–water partition coefficient (Wildman–Crippen LogP) is 5.86. The van der Waals surface area contributed by atoms with Gasteiger partial charge in [-0.15, -0.1) is 0 Å². The van der Waals surface area contributed by atoms with Gasteiger partial charge in [-0.25, -0.2) is 0 Å². The Balaban J connectivity index is 1.91. The molecule has 2 heterocycles. The van der Waals surface area contributed by atoms with Crippen molar-refractivity contribution in [2.45, 2.75) is 6.18 Å². The Kier molecular flexibility index (Phi) is 4.62. The third-order valence-corrected chi connectivity index (χ3v) is 4.77. The number of halogens is 3. The van der Waals surface area contributed by atoms with E-state index in [4.69, 9.17) is 4.74 Å². The maximum absolute atomic E-state index is 13.3. The third kappa shape index (κ3) is 3.49. The maximum Gasteiger partial charge on any atom is 0.416 e. The minimum atomic E-state index is -4.47. The highest BCUT2D eigenvalue weighted by Crippen LogP contribution is 2.35. The summed E-state index contributed by atoms with van der Waals surface area (Å²) in [5.41, 5.74) is 1.57. The van der Waals surface area contributed by atoms with Crippen molar-refractivity contribution in [2.75, 3.05) is 7.11 Å². The zero-order valence-corrected chi connectivity index (χ0v) is 15.4. The number of ketones is 1. The highest BCUT2D eigenvalue weighted by Gasteiger charge is 2.31. The Bertz CT molecular complexity index is 1180. The highest BCUT2D eigenvalue weighted by atomic mass is 19.4. The topological polar surface area (TPSA) is 30.7 Å².